The van der Waals surface area contributed by atoms with Crippen molar-refractivity contribution in [2.75, 3.05) is 0 Å². The highest BCUT2D eigenvalue weighted by atomic mass is 16.6. The first-order valence-electron chi connectivity index (χ1n) is 7.33. The molecule has 2 aliphatic rings. The highest BCUT2D eigenvalue weighted by Crippen LogP contribution is 2.52. The summed E-state index contributed by atoms with van der Waals surface area (Å²) in [6.07, 6.45) is 3.62. The van der Waals surface area contributed by atoms with Crippen LogP contribution < -0.4 is 0 Å². The van der Waals surface area contributed by atoms with E-state index in [1.807, 2.05) is 25.7 Å². The van der Waals surface area contributed by atoms with E-state index in [1.54, 1.807) is 0 Å². The Hall–Kier alpha value is -0.770. The van der Waals surface area contributed by atoms with Crippen molar-refractivity contribution in [2.24, 2.45) is 0 Å². The quantitative estimate of drug-likeness (QED) is 0.796. The van der Waals surface area contributed by atoms with Gasteiger partial charge in [0, 0.05) is 11.1 Å². The van der Waals surface area contributed by atoms with Gasteiger partial charge in [0.05, 0.1) is 6.10 Å². The summed E-state index contributed by atoms with van der Waals surface area (Å²) in [7, 11) is 0. The maximum Gasteiger partial charge on any atom is 0.411 e. The summed E-state index contributed by atoms with van der Waals surface area (Å²) in [6, 6.07) is 0. The van der Waals surface area contributed by atoms with Gasteiger partial charge in [-0.05, 0) is 59.8 Å². The number of fused-ring (bicyclic) bond motifs is 2. The highest BCUT2D eigenvalue weighted by molar-refractivity contribution is 5.71. The van der Waals surface area contributed by atoms with Crippen molar-refractivity contribution in [3.63, 3.8) is 0 Å². The normalized spacial score (nSPS) is 38.4. The summed E-state index contributed by atoms with van der Waals surface area (Å²) >= 11 is 0. The van der Waals surface area contributed by atoms with Crippen LogP contribution in [0.5, 0.6) is 0 Å². The number of nitrogens with zero attached hydrogens (tertiary/aromatic N) is 1. The molecule has 2 aliphatic heterocycles. The van der Waals surface area contributed by atoms with E-state index in [1.165, 1.54) is 0 Å². The number of hydrogen-bond donors (Lipinski definition) is 1. The number of ether oxygens (including phenoxy) is 1. The van der Waals surface area contributed by atoms with Crippen molar-refractivity contribution in [2.45, 2.75) is 89.5 Å². The lowest BCUT2D eigenvalue weighted by Crippen LogP contribution is -2.62. The molecule has 0 aromatic carbocycles. The second-order valence-electron chi connectivity index (χ2n) is 7.45. The van der Waals surface area contributed by atoms with Crippen molar-refractivity contribution >= 4 is 6.09 Å². The first-order valence-corrected chi connectivity index (χ1v) is 7.33. The molecule has 2 fully saturated rings. The molecule has 2 heterocycles. The third-order valence-corrected chi connectivity index (χ3v) is 4.67. The molecule has 4 heteroatoms. The lowest BCUT2D eigenvalue weighted by atomic mass is 9.81. The predicted octanol–water partition coefficient (Wildman–Crippen LogP) is 3.08. The van der Waals surface area contributed by atoms with Gasteiger partial charge in [0.2, 0.25) is 0 Å². The van der Waals surface area contributed by atoms with Crippen LogP contribution in [0.3, 0.4) is 0 Å². The van der Waals surface area contributed by atoms with Crippen LogP contribution in [0.4, 0.5) is 4.79 Å². The molecule has 1 amide bonds. The maximum atomic E-state index is 12.6. The molecule has 110 valence electrons. The van der Waals surface area contributed by atoms with E-state index in [0.717, 1.165) is 19.3 Å². The summed E-state index contributed by atoms with van der Waals surface area (Å²) in [4.78, 5) is 14.5. The van der Waals surface area contributed by atoms with Gasteiger partial charge in [-0.15, -0.1) is 0 Å². The molecule has 2 saturated heterocycles. The number of aliphatic hydroxyl groups is 1. The van der Waals surface area contributed by atoms with E-state index < -0.39 is 5.60 Å². The standard InChI is InChI=1S/C15H27NO3/c1-6-15-8-7-14(5,9-11(17)10-15)16(15)12(18)19-13(2,3)4/h11,17H,6-10H2,1-5H3/t11?,14-,15?/m1/s1. The third kappa shape index (κ3) is 2.47. The Balaban J connectivity index is 2.30. The second-order valence-corrected chi connectivity index (χ2v) is 7.45. The van der Waals surface area contributed by atoms with Crippen LogP contribution in [-0.2, 0) is 4.74 Å². The van der Waals surface area contributed by atoms with E-state index in [4.69, 9.17) is 4.74 Å². The number of aliphatic hydroxyl groups excluding tert-OH is 1. The Labute approximate surface area is 116 Å². The zero-order valence-corrected chi connectivity index (χ0v) is 12.8. The first kappa shape index (κ1) is 14.6. The van der Waals surface area contributed by atoms with Gasteiger partial charge in [0.1, 0.15) is 5.60 Å². The Morgan fingerprint density at radius 3 is 2.53 bits per heavy atom. The van der Waals surface area contributed by atoms with E-state index in [-0.39, 0.29) is 23.3 Å². The number of rotatable bonds is 1. The largest absolute Gasteiger partial charge is 0.444 e. The minimum atomic E-state index is -0.474. The van der Waals surface area contributed by atoms with Gasteiger partial charge in [0.25, 0.3) is 0 Å². The summed E-state index contributed by atoms with van der Waals surface area (Å²) in [5.41, 5.74) is -0.942. The fourth-order valence-corrected chi connectivity index (χ4v) is 3.90. The zero-order valence-electron chi connectivity index (χ0n) is 12.8. The molecular formula is C15H27NO3. The molecule has 2 unspecified atom stereocenters. The molecule has 0 radical (unpaired) electrons. The van der Waals surface area contributed by atoms with Crippen LogP contribution in [0.2, 0.25) is 0 Å². The van der Waals surface area contributed by atoms with E-state index in [0.29, 0.717) is 12.8 Å². The van der Waals surface area contributed by atoms with Crippen molar-refractivity contribution in [1.29, 1.82) is 0 Å². The van der Waals surface area contributed by atoms with Crippen LogP contribution in [0.15, 0.2) is 0 Å². The SMILES string of the molecule is CCC12CC[C@](C)(CC(O)C1)N2C(=O)OC(C)(C)C. The lowest BCUT2D eigenvalue weighted by Gasteiger charge is -2.51. The van der Waals surface area contributed by atoms with Gasteiger partial charge in [0.15, 0.2) is 0 Å². The predicted molar refractivity (Wildman–Crippen MR) is 74.0 cm³/mol. The first-order chi connectivity index (χ1) is 8.62. The van der Waals surface area contributed by atoms with Crippen molar-refractivity contribution in [3.05, 3.63) is 0 Å². The summed E-state index contributed by atoms with van der Waals surface area (Å²) in [5, 5.41) is 10.1. The van der Waals surface area contributed by atoms with Crippen molar-refractivity contribution < 1.29 is 14.6 Å². The molecule has 0 aromatic rings. The summed E-state index contributed by atoms with van der Waals surface area (Å²) < 4.78 is 5.59. The van der Waals surface area contributed by atoms with Gasteiger partial charge in [-0.1, -0.05) is 6.92 Å². The summed E-state index contributed by atoms with van der Waals surface area (Å²) in [6.45, 7) is 9.86. The Morgan fingerprint density at radius 2 is 2.00 bits per heavy atom. The lowest BCUT2D eigenvalue weighted by molar-refractivity contribution is -0.0696. The van der Waals surface area contributed by atoms with Gasteiger partial charge in [-0.2, -0.15) is 0 Å². The molecule has 2 bridgehead atoms. The summed E-state index contributed by atoms with van der Waals surface area (Å²) in [5.74, 6) is 0. The number of carbonyl (C=O) groups is 1. The van der Waals surface area contributed by atoms with E-state index in [2.05, 4.69) is 13.8 Å². The molecular weight excluding hydrogens is 242 g/mol. The Kier molecular flexibility index (Phi) is 3.37. The zero-order chi connectivity index (χ0) is 14.5. The van der Waals surface area contributed by atoms with E-state index >= 15 is 0 Å². The molecule has 0 aromatic heterocycles. The van der Waals surface area contributed by atoms with E-state index in [9.17, 15) is 9.90 Å². The third-order valence-electron chi connectivity index (χ3n) is 4.67. The number of carbonyl (C=O) groups excluding carboxylic acids is 1. The van der Waals surface area contributed by atoms with Gasteiger partial charge < -0.3 is 9.84 Å². The number of amides is 1. The van der Waals surface area contributed by atoms with Crippen LogP contribution >= 0.6 is 0 Å². The van der Waals surface area contributed by atoms with Crippen LogP contribution in [0.1, 0.15) is 66.7 Å². The minimum absolute atomic E-state index is 0.214. The van der Waals surface area contributed by atoms with Crippen LogP contribution in [0, 0.1) is 0 Å². The fourth-order valence-electron chi connectivity index (χ4n) is 3.90. The minimum Gasteiger partial charge on any atom is -0.444 e. The second kappa shape index (κ2) is 4.37. The molecule has 3 atom stereocenters. The Bertz CT molecular complexity index is 376. The van der Waals surface area contributed by atoms with Crippen LogP contribution in [-0.4, -0.2) is 38.9 Å². The molecule has 19 heavy (non-hydrogen) atoms. The average molecular weight is 269 g/mol. The van der Waals surface area contributed by atoms with Gasteiger partial charge in [-0.3, -0.25) is 4.90 Å². The smallest absolute Gasteiger partial charge is 0.411 e. The number of piperidine rings is 1. The maximum absolute atomic E-state index is 12.6. The monoisotopic (exact) mass is 269 g/mol. The molecule has 0 saturated carbocycles. The van der Waals surface area contributed by atoms with Gasteiger partial charge >= 0.3 is 6.09 Å². The van der Waals surface area contributed by atoms with Crippen molar-refractivity contribution in [1.82, 2.24) is 4.90 Å². The molecule has 0 aliphatic carbocycles. The molecule has 4 nitrogen and oxygen atoms in total. The van der Waals surface area contributed by atoms with Crippen LogP contribution in [0.25, 0.3) is 0 Å². The fraction of sp³-hybridized carbons (Fsp3) is 0.933. The molecule has 2 rings (SSSR count). The molecule has 1 N–H and O–H groups in total. The topological polar surface area (TPSA) is 49.8 Å². The Morgan fingerprint density at radius 1 is 1.37 bits per heavy atom. The van der Waals surface area contributed by atoms with Gasteiger partial charge in [-0.25, -0.2) is 4.79 Å². The highest BCUT2D eigenvalue weighted by Gasteiger charge is 2.59. The average Bonchev–Trinajstić information content (AvgIpc) is 2.42. The molecule has 0 spiro atoms. The number of hydrogen-bond acceptors (Lipinski definition) is 3. The van der Waals surface area contributed by atoms with Crippen molar-refractivity contribution in [3.8, 4) is 0 Å².